The molecule has 7 rings (SSSR count). The van der Waals surface area contributed by atoms with Crippen molar-refractivity contribution in [2.24, 2.45) is 0 Å². The molecule has 0 atom stereocenters. The van der Waals surface area contributed by atoms with E-state index in [0.29, 0.717) is 0 Å². The maximum atomic E-state index is 4.58. The minimum absolute atomic E-state index is 0.883. The van der Waals surface area contributed by atoms with Gasteiger partial charge in [0.15, 0.2) is 0 Å². The van der Waals surface area contributed by atoms with Gasteiger partial charge < -0.3 is 4.90 Å². The summed E-state index contributed by atoms with van der Waals surface area (Å²) in [6.45, 7) is 8.89. The summed E-state index contributed by atoms with van der Waals surface area (Å²) >= 11 is 1.84. The van der Waals surface area contributed by atoms with Crippen molar-refractivity contribution in [2.45, 2.75) is 37.5 Å². The monoisotopic (exact) mass is 561 g/mol. The Bertz CT molecular complexity index is 1920. The van der Waals surface area contributed by atoms with Gasteiger partial charge in [-0.1, -0.05) is 54.2 Å². The predicted octanol–water partition coefficient (Wildman–Crippen LogP) is 10.6. The molecule has 0 spiro atoms. The van der Waals surface area contributed by atoms with Crippen molar-refractivity contribution in [3.05, 3.63) is 138 Å². The van der Waals surface area contributed by atoms with Crippen molar-refractivity contribution >= 4 is 28.8 Å². The van der Waals surface area contributed by atoms with Crippen LogP contribution >= 0.6 is 11.8 Å². The topological polar surface area (TPSA) is 29.0 Å². The first-order chi connectivity index (χ1) is 20.5. The third-order valence-electron chi connectivity index (χ3n) is 8.08. The van der Waals surface area contributed by atoms with Gasteiger partial charge in [-0.25, -0.2) is 0 Å². The van der Waals surface area contributed by atoms with Crippen LogP contribution in [0.15, 0.2) is 125 Å². The Kier molecular flexibility index (Phi) is 6.64. The van der Waals surface area contributed by atoms with Crippen molar-refractivity contribution in [3.8, 4) is 33.6 Å². The SMILES string of the molecule is Cc1cc(-c2cc(C)c(N3c4ccccc4Sc4ccccc43)cc2C)c(C)cc1-c1ccnc(-c2ccccn2)c1. The van der Waals surface area contributed by atoms with Crippen LogP contribution in [0.1, 0.15) is 22.3 Å². The largest absolute Gasteiger partial charge is 0.308 e. The number of nitrogens with zero attached hydrogens (tertiary/aromatic N) is 3. The number of pyridine rings is 2. The van der Waals surface area contributed by atoms with Crippen LogP contribution in [0.4, 0.5) is 17.1 Å². The maximum Gasteiger partial charge on any atom is 0.0892 e. The van der Waals surface area contributed by atoms with Gasteiger partial charge in [-0.15, -0.1) is 0 Å². The normalized spacial score (nSPS) is 12.1. The first-order valence-corrected chi connectivity index (χ1v) is 15.1. The molecule has 6 aromatic rings. The molecule has 0 fully saturated rings. The molecule has 1 aliphatic rings. The van der Waals surface area contributed by atoms with Crippen LogP contribution in [-0.4, -0.2) is 9.97 Å². The molecule has 4 aromatic carbocycles. The molecule has 3 heterocycles. The minimum Gasteiger partial charge on any atom is -0.308 e. The average molecular weight is 562 g/mol. The van der Waals surface area contributed by atoms with E-state index in [2.05, 4.69) is 127 Å². The summed E-state index contributed by atoms with van der Waals surface area (Å²) in [4.78, 5) is 14.1. The second-order valence-corrected chi connectivity index (χ2v) is 12.0. The Morgan fingerprint density at radius 2 is 1.05 bits per heavy atom. The number of aromatic nitrogens is 2. The molecular weight excluding hydrogens is 531 g/mol. The summed E-state index contributed by atoms with van der Waals surface area (Å²) < 4.78 is 0. The lowest BCUT2D eigenvalue weighted by atomic mass is 9.89. The molecule has 0 saturated carbocycles. The molecule has 204 valence electrons. The number of hydrogen-bond acceptors (Lipinski definition) is 4. The molecule has 0 radical (unpaired) electrons. The van der Waals surface area contributed by atoms with E-state index in [-0.39, 0.29) is 0 Å². The van der Waals surface area contributed by atoms with Crippen molar-refractivity contribution < 1.29 is 0 Å². The average Bonchev–Trinajstić information content (AvgIpc) is 3.02. The summed E-state index contributed by atoms with van der Waals surface area (Å²) in [5.41, 5.74) is 15.4. The van der Waals surface area contributed by atoms with Crippen molar-refractivity contribution in [2.75, 3.05) is 4.90 Å². The van der Waals surface area contributed by atoms with Crippen LogP contribution in [0.3, 0.4) is 0 Å². The molecular formula is C38H31N3S. The van der Waals surface area contributed by atoms with Gasteiger partial charge in [0.25, 0.3) is 0 Å². The summed E-state index contributed by atoms with van der Waals surface area (Å²) in [6, 6.07) is 36.9. The Morgan fingerprint density at radius 3 is 1.74 bits per heavy atom. The molecule has 0 amide bonds. The van der Waals surface area contributed by atoms with Crippen molar-refractivity contribution in [1.29, 1.82) is 0 Å². The zero-order chi connectivity index (χ0) is 28.8. The highest BCUT2D eigenvalue weighted by molar-refractivity contribution is 7.99. The third-order valence-corrected chi connectivity index (χ3v) is 9.21. The van der Waals surface area contributed by atoms with Crippen molar-refractivity contribution in [1.82, 2.24) is 9.97 Å². The van der Waals surface area contributed by atoms with Crippen molar-refractivity contribution in [3.63, 3.8) is 0 Å². The third kappa shape index (κ3) is 4.58. The standard InChI is InChI=1S/C38H31N3S/c1-24-20-30(25(2)19-29(24)28-16-18-40-33(23-28)32-11-9-10-17-39-32)31-21-27(4)36(22-26(31)3)41-34-12-5-7-14-37(34)42-38-15-8-6-13-35(38)41/h5-23H,1-4H3. The van der Waals surface area contributed by atoms with Crippen LogP contribution < -0.4 is 4.90 Å². The van der Waals surface area contributed by atoms with E-state index in [1.807, 2.05) is 42.4 Å². The molecule has 0 aliphatic carbocycles. The van der Waals surface area contributed by atoms with E-state index in [0.717, 1.165) is 17.0 Å². The summed E-state index contributed by atoms with van der Waals surface area (Å²) in [6.07, 6.45) is 3.69. The summed E-state index contributed by atoms with van der Waals surface area (Å²) in [5, 5.41) is 0. The first kappa shape index (κ1) is 26.2. The molecule has 3 nitrogen and oxygen atoms in total. The van der Waals surface area contributed by atoms with E-state index in [1.54, 1.807) is 0 Å². The van der Waals surface area contributed by atoms with Gasteiger partial charge in [-0.3, -0.25) is 9.97 Å². The summed E-state index contributed by atoms with van der Waals surface area (Å²) in [5.74, 6) is 0. The smallest absolute Gasteiger partial charge is 0.0892 e. The first-order valence-electron chi connectivity index (χ1n) is 14.2. The molecule has 0 unspecified atom stereocenters. The van der Waals surface area contributed by atoms with Gasteiger partial charge in [-0.05, 0) is 133 Å². The van der Waals surface area contributed by atoms with E-state index in [1.165, 1.54) is 65.8 Å². The van der Waals surface area contributed by atoms with Gasteiger partial charge in [-0.2, -0.15) is 0 Å². The Labute approximate surface area is 251 Å². The van der Waals surface area contributed by atoms with Gasteiger partial charge >= 0.3 is 0 Å². The van der Waals surface area contributed by atoms with Crippen LogP contribution in [0, 0.1) is 27.7 Å². The van der Waals surface area contributed by atoms with Crippen LogP contribution in [-0.2, 0) is 0 Å². The molecule has 4 heteroatoms. The number of fused-ring (bicyclic) bond motifs is 2. The van der Waals surface area contributed by atoms with Crippen LogP contribution in [0.25, 0.3) is 33.6 Å². The number of anilines is 3. The zero-order valence-corrected chi connectivity index (χ0v) is 25.0. The fraction of sp³-hybridized carbons (Fsp3) is 0.105. The number of para-hydroxylation sites is 2. The lowest BCUT2D eigenvalue weighted by Crippen LogP contribution is -2.16. The molecule has 1 aliphatic heterocycles. The lowest BCUT2D eigenvalue weighted by molar-refractivity contribution is 1.15. The molecule has 0 N–H and O–H groups in total. The number of aryl methyl sites for hydroxylation is 4. The van der Waals surface area contributed by atoms with Gasteiger partial charge in [0.2, 0.25) is 0 Å². The molecule has 2 aromatic heterocycles. The predicted molar refractivity (Wildman–Crippen MR) is 176 cm³/mol. The lowest BCUT2D eigenvalue weighted by Gasteiger charge is -2.34. The fourth-order valence-corrected chi connectivity index (χ4v) is 7.02. The Hall–Kier alpha value is -4.67. The quantitative estimate of drug-likeness (QED) is 0.214. The molecule has 42 heavy (non-hydrogen) atoms. The van der Waals surface area contributed by atoms with E-state index in [9.17, 15) is 0 Å². The van der Waals surface area contributed by atoms with Crippen LogP contribution in [0.2, 0.25) is 0 Å². The fourth-order valence-electron chi connectivity index (χ4n) is 5.97. The highest BCUT2D eigenvalue weighted by atomic mass is 32.2. The van der Waals surface area contributed by atoms with Gasteiger partial charge in [0.1, 0.15) is 0 Å². The number of hydrogen-bond donors (Lipinski definition) is 0. The molecule has 0 saturated heterocycles. The maximum absolute atomic E-state index is 4.58. The Morgan fingerprint density at radius 1 is 0.476 bits per heavy atom. The number of rotatable bonds is 4. The highest BCUT2D eigenvalue weighted by Gasteiger charge is 2.26. The zero-order valence-electron chi connectivity index (χ0n) is 24.2. The van der Waals surface area contributed by atoms with Gasteiger partial charge in [0, 0.05) is 27.9 Å². The molecule has 0 bridgehead atoms. The van der Waals surface area contributed by atoms with Gasteiger partial charge in [0.05, 0.1) is 22.8 Å². The number of benzene rings is 4. The second-order valence-electron chi connectivity index (χ2n) is 11.0. The minimum atomic E-state index is 0.883. The summed E-state index contributed by atoms with van der Waals surface area (Å²) in [7, 11) is 0. The Balaban J connectivity index is 1.30. The second kappa shape index (κ2) is 10.6. The van der Waals surface area contributed by atoms with E-state index >= 15 is 0 Å². The van der Waals surface area contributed by atoms with Crippen LogP contribution in [0.5, 0.6) is 0 Å². The van der Waals surface area contributed by atoms with E-state index in [4.69, 9.17) is 0 Å². The van der Waals surface area contributed by atoms with E-state index < -0.39 is 0 Å². The highest BCUT2D eigenvalue weighted by Crippen LogP contribution is 2.52.